The summed E-state index contributed by atoms with van der Waals surface area (Å²) in [5.74, 6) is -0.235. The molecule has 0 saturated carbocycles. The van der Waals surface area contributed by atoms with Gasteiger partial charge in [-0.3, -0.25) is 9.78 Å². The first-order valence-electron chi connectivity index (χ1n) is 7.41. The first-order chi connectivity index (χ1) is 11.4. The summed E-state index contributed by atoms with van der Waals surface area (Å²) in [6, 6.07) is 8.55. The fraction of sp³-hybridized carbons (Fsp3) is 0.250. The van der Waals surface area contributed by atoms with Crippen molar-refractivity contribution < 1.29 is 13.2 Å². The molecule has 8 heteroatoms. The summed E-state index contributed by atoms with van der Waals surface area (Å²) in [5, 5.41) is 6.40. The quantitative estimate of drug-likeness (QED) is 0.868. The van der Waals surface area contributed by atoms with Crippen molar-refractivity contribution in [3.63, 3.8) is 0 Å². The van der Waals surface area contributed by atoms with Crippen LogP contribution >= 0.6 is 11.6 Å². The van der Waals surface area contributed by atoms with Crippen LogP contribution in [-0.2, 0) is 9.84 Å². The number of benzene rings is 1. The number of nitrogens with zero attached hydrogens (tertiary/aromatic N) is 1. The van der Waals surface area contributed by atoms with Gasteiger partial charge in [-0.1, -0.05) is 23.7 Å². The molecule has 1 unspecified atom stereocenters. The number of hydrogen-bond acceptors (Lipinski definition) is 5. The Kier molecular flexibility index (Phi) is 4.73. The van der Waals surface area contributed by atoms with Crippen molar-refractivity contribution in [3.8, 4) is 0 Å². The number of pyridine rings is 1. The molecular formula is C16H16ClN3O3S. The lowest BCUT2D eigenvalue weighted by Gasteiger charge is -2.12. The second-order valence-electron chi connectivity index (χ2n) is 5.64. The summed E-state index contributed by atoms with van der Waals surface area (Å²) >= 11 is 6.10. The highest BCUT2D eigenvalue weighted by Gasteiger charge is 2.29. The largest absolute Gasteiger partial charge is 0.353 e. The minimum Gasteiger partial charge on any atom is -0.353 e. The maximum Gasteiger partial charge on any atom is 0.253 e. The molecule has 2 heterocycles. The zero-order valence-corrected chi connectivity index (χ0v) is 14.3. The van der Waals surface area contributed by atoms with Gasteiger partial charge in [0.15, 0.2) is 9.84 Å². The Hall–Kier alpha value is -2.12. The zero-order valence-electron chi connectivity index (χ0n) is 12.7. The summed E-state index contributed by atoms with van der Waals surface area (Å²) in [5.41, 5.74) is 1.69. The molecule has 2 N–H and O–H groups in total. The van der Waals surface area contributed by atoms with Crippen LogP contribution in [0.3, 0.4) is 0 Å². The van der Waals surface area contributed by atoms with Crippen LogP contribution in [0.5, 0.6) is 0 Å². The Balaban J connectivity index is 1.71. The zero-order chi connectivity index (χ0) is 17.2. The Labute approximate surface area is 145 Å². The second-order valence-corrected chi connectivity index (χ2v) is 8.28. The predicted molar refractivity (Wildman–Crippen MR) is 93.5 cm³/mol. The Morgan fingerprint density at radius 1 is 1.25 bits per heavy atom. The topological polar surface area (TPSA) is 88.2 Å². The summed E-state index contributed by atoms with van der Waals surface area (Å²) in [6.07, 6.45) is 3.47. The second kappa shape index (κ2) is 6.78. The first-order valence-corrected chi connectivity index (χ1v) is 9.61. The number of nitrogens with one attached hydrogen (secondary N) is 2. The summed E-state index contributed by atoms with van der Waals surface area (Å²) in [7, 11) is -3.03. The van der Waals surface area contributed by atoms with Gasteiger partial charge in [0.1, 0.15) is 0 Å². The molecule has 1 amide bonds. The van der Waals surface area contributed by atoms with Crippen molar-refractivity contribution in [1.29, 1.82) is 0 Å². The SMILES string of the molecule is O=C(NC1CCS(=O)(=O)C1)c1cncc(Nc2ccccc2Cl)c1. The molecule has 126 valence electrons. The van der Waals surface area contributed by atoms with Gasteiger partial charge in [0.05, 0.1) is 39.7 Å². The number of para-hydroxylation sites is 1. The van der Waals surface area contributed by atoms with Gasteiger partial charge in [0.2, 0.25) is 0 Å². The number of amides is 1. The van der Waals surface area contributed by atoms with Gasteiger partial charge in [0, 0.05) is 12.2 Å². The van der Waals surface area contributed by atoms with Gasteiger partial charge in [0.25, 0.3) is 5.91 Å². The number of carbonyl (C=O) groups excluding carboxylic acids is 1. The van der Waals surface area contributed by atoms with E-state index in [0.717, 1.165) is 0 Å². The van der Waals surface area contributed by atoms with E-state index in [0.29, 0.717) is 28.4 Å². The smallest absolute Gasteiger partial charge is 0.253 e. The molecule has 0 spiro atoms. The lowest BCUT2D eigenvalue weighted by atomic mass is 10.2. The number of carbonyl (C=O) groups is 1. The number of sulfone groups is 1. The van der Waals surface area contributed by atoms with E-state index in [-0.39, 0.29) is 23.5 Å². The molecule has 1 aromatic heterocycles. The molecule has 1 aromatic carbocycles. The lowest BCUT2D eigenvalue weighted by molar-refractivity contribution is 0.0941. The molecule has 24 heavy (non-hydrogen) atoms. The van der Waals surface area contributed by atoms with Crippen LogP contribution in [0.15, 0.2) is 42.7 Å². The molecular weight excluding hydrogens is 350 g/mol. The van der Waals surface area contributed by atoms with E-state index in [2.05, 4.69) is 15.6 Å². The van der Waals surface area contributed by atoms with Gasteiger partial charge >= 0.3 is 0 Å². The fourth-order valence-electron chi connectivity index (χ4n) is 2.53. The van der Waals surface area contributed by atoms with Crippen LogP contribution in [0.4, 0.5) is 11.4 Å². The van der Waals surface area contributed by atoms with Crippen LogP contribution in [0, 0.1) is 0 Å². The van der Waals surface area contributed by atoms with E-state index in [9.17, 15) is 13.2 Å². The molecule has 6 nitrogen and oxygen atoms in total. The highest BCUT2D eigenvalue weighted by Crippen LogP contribution is 2.24. The van der Waals surface area contributed by atoms with Crippen LogP contribution in [0.25, 0.3) is 0 Å². The standard InChI is InChI=1S/C16H16ClN3O3S/c17-14-3-1-2-4-15(14)19-13-7-11(8-18-9-13)16(21)20-12-5-6-24(22,23)10-12/h1-4,7-9,12,19H,5-6,10H2,(H,20,21). The van der Waals surface area contributed by atoms with E-state index in [4.69, 9.17) is 11.6 Å². The third-order valence-corrected chi connectivity index (χ3v) is 5.82. The van der Waals surface area contributed by atoms with Crippen molar-refractivity contribution in [2.24, 2.45) is 0 Å². The number of halogens is 1. The van der Waals surface area contributed by atoms with E-state index in [1.165, 1.54) is 6.20 Å². The molecule has 1 aliphatic rings. The maximum absolute atomic E-state index is 12.3. The highest BCUT2D eigenvalue weighted by atomic mass is 35.5. The Bertz CT molecular complexity index is 870. The first kappa shape index (κ1) is 16.7. The maximum atomic E-state index is 12.3. The van der Waals surface area contributed by atoms with Crippen molar-refractivity contribution in [2.45, 2.75) is 12.5 Å². The molecule has 1 atom stereocenters. The molecule has 1 saturated heterocycles. The van der Waals surface area contributed by atoms with Crippen molar-refractivity contribution in [1.82, 2.24) is 10.3 Å². The number of hydrogen-bond donors (Lipinski definition) is 2. The van der Waals surface area contributed by atoms with Gasteiger partial charge in [-0.15, -0.1) is 0 Å². The molecule has 2 aromatic rings. The van der Waals surface area contributed by atoms with Crippen molar-refractivity contribution in [3.05, 3.63) is 53.3 Å². The fourth-order valence-corrected chi connectivity index (χ4v) is 4.38. The molecule has 0 bridgehead atoms. The normalized spacial score (nSPS) is 19.0. The van der Waals surface area contributed by atoms with Crippen LogP contribution in [0.2, 0.25) is 5.02 Å². The van der Waals surface area contributed by atoms with E-state index in [1.807, 2.05) is 18.2 Å². The van der Waals surface area contributed by atoms with Crippen molar-refractivity contribution >= 4 is 38.7 Å². The molecule has 1 fully saturated rings. The number of aromatic nitrogens is 1. The molecule has 3 rings (SSSR count). The van der Waals surface area contributed by atoms with Crippen LogP contribution in [-0.4, -0.2) is 36.9 Å². The molecule has 1 aliphatic heterocycles. The minimum absolute atomic E-state index is 0.0102. The van der Waals surface area contributed by atoms with Crippen molar-refractivity contribution in [2.75, 3.05) is 16.8 Å². The Morgan fingerprint density at radius 3 is 2.75 bits per heavy atom. The number of rotatable bonds is 4. The van der Waals surface area contributed by atoms with Gasteiger partial charge in [-0.2, -0.15) is 0 Å². The summed E-state index contributed by atoms with van der Waals surface area (Å²) in [4.78, 5) is 16.3. The van der Waals surface area contributed by atoms with E-state index >= 15 is 0 Å². The monoisotopic (exact) mass is 365 g/mol. The lowest BCUT2D eigenvalue weighted by Crippen LogP contribution is -2.35. The molecule has 0 aliphatic carbocycles. The van der Waals surface area contributed by atoms with Crippen LogP contribution < -0.4 is 10.6 Å². The van der Waals surface area contributed by atoms with E-state index in [1.54, 1.807) is 18.3 Å². The summed E-state index contributed by atoms with van der Waals surface area (Å²) in [6.45, 7) is 0. The van der Waals surface area contributed by atoms with E-state index < -0.39 is 9.84 Å². The third-order valence-electron chi connectivity index (χ3n) is 3.72. The third kappa shape index (κ3) is 4.04. The minimum atomic E-state index is -3.03. The average Bonchev–Trinajstić information content (AvgIpc) is 2.88. The van der Waals surface area contributed by atoms with Crippen LogP contribution in [0.1, 0.15) is 16.8 Å². The Morgan fingerprint density at radius 2 is 2.04 bits per heavy atom. The molecule has 0 radical (unpaired) electrons. The van der Waals surface area contributed by atoms with Gasteiger partial charge < -0.3 is 10.6 Å². The average molecular weight is 366 g/mol. The highest BCUT2D eigenvalue weighted by molar-refractivity contribution is 7.91. The number of anilines is 2. The summed E-state index contributed by atoms with van der Waals surface area (Å²) < 4.78 is 22.9. The van der Waals surface area contributed by atoms with Gasteiger partial charge in [-0.05, 0) is 24.6 Å². The predicted octanol–water partition coefficient (Wildman–Crippen LogP) is 2.40. The van der Waals surface area contributed by atoms with Gasteiger partial charge in [-0.25, -0.2) is 8.42 Å².